The molecule has 15 heavy (non-hydrogen) atoms. The van der Waals surface area contributed by atoms with Gasteiger partial charge in [-0.3, -0.25) is 4.21 Å². The molecule has 0 aliphatic carbocycles. The first-order valence-corrected chi connectivity index (χ1v) is 6.45. The summed E-state index contributed by atoms with van der Waals surface area (Å²) in [5.74, 6) is 0. The maximum absolute atomic E-state index is 12.1. The Morgan fingerprint density at radius 1 is 1.40 bits per heavy atom. The Labute approximate surface area is 95.9 Å². The van der Waals surface area contributed by atoms with Crippen LogP contribution in [0.1, 0.15) is 12.8 Å². The lowest BCUT2D eigenvalue weighted by Crippen LogP contribution is -2.33. The van der Waals surface area contributed by atoms with E-state index in [4.69, 9.17) is 11.6 Å². The second-order valence-electron chi connectivity index (χ2n) is 3.43. The second-order valence-corrected chi connectivity index (χ2v) is 5.49. The third-order valence-electron chi connectivity index (χ3n) is 2.40. The van der Waals surface area contributed by atoms with E-state index in [1.807, 2.05) is 0 Å². The lowest BCUT2D eigenvalue weighted by atomic mass is 10.2. The van der Waals surface area contributed by atoms with Crippen molar-refractivity contribution >= 4 is 22.4 Å². The van der Waals surface area contributed by atoms with E-state index in [1.54, 1.807) is 6.07 Å². The summed E-state index contributed by atoms with van der Waals surface area (Å²) in [6.45, 7) is 1.85. The van der Waals surface area contributed by atoms with E-state index in [0.717, 1.165) is 25.9 Å². The van der Waals surface area contributed by atoms with Gasteiger partial charge in [0.1, 0.15) is 16.5 Å². The monoisotopic (exact) mass is 245 g/mol. The molecule has 1 atom stereocenters. The maximum Gasteiger partial charge on any atom is 0.133 e. The first-order chi connectivity index (χ1) is 7.27. The van der Waals surface area contributed by atoms with Crippen molar-refractivity contribution in [2.45, 2.75) is 23.1 Å². The van der Waals surface area contributed by atoms with Crippen LogP contribution in [-0.4, -0.2) is 32.5 Å². The number of nitrogens with one attached hydrogen (secondary N) is 1. The molecule has 1 saturated heterocycles. The molecule has 0 saturated carbocycles. The van der Waals surface area contributed by atoms with Crippen molar-refractivity contribution in [3.05, 3.63) is 17.5 Å². The Morgan fingerprint density at radius 3 is 2.80 bits per heavy atom. The van der Waals surface area contributed by atoms with Crippen molar-refractivity contribution in [1.29, 1.82) is 0 Å². The second kappa shape index (κ2) is 5.01. The van der Waals surface area contributed by atoms with Crippen LogP contribution in [0.15, 0.2) is 17.4 Å². The van der Waals surface area contributed by atoms with Gasteiger partial charge in [0.05, 0.1) is 10.8 Å². The molecule has 0 radical (unpaired) electrons. The van der Waals surface area contributed by atoms with Gasteiger partial charge in [-0.25, -0.2) is 9.97 Å². The van der Waals surface area contributed by atoms with Gasteiger partial charge < -0.3 is 5.32 Å². The van der Waals surface area contributed by atoms with Crippen LogP contribution in [0.3, 0.4) is 0 Å². The molecule has 4 nitrogen and oxygen atoms in total. The Hall–Kier alpha value is -0.520. The highest BCUT2D eigenvalue weighted by molar-refractivity contribution is 7.85. The summed E-state index contributed by atoms with van der Waals surface area (Å²) in [6, 6.07) is 1.58. The third-order valence-corrected chi connectivity index (χ3v) is 4.32. The van der Waals surface area contributed by atoms with E-state index in [2.05, 4.69) is 15.3 Å². The summed E-state index contributed by atoms with van der Waals surface area (Å²) >= 11 is 5.73. The first kappa shape index (κ1) is 11.0. The molecule has 0 aromatic carbocycles. The largest absolute Gasteiger partial charge is 0.317 e. The average Bonchev–Trinajstić information content (AvgIpc) is 2.29. The zero-order valence-electron chi connectivity index (χ0n) is 8.15. The highest BCUT2D eigenvalue weighted by Crippen LogP contribution is 2.17. The zero-order valence-corrected chi connectivity index (χ0v) is 9.72. The molecule has 1 aromatic rings. The molecule has 0 amide bonds. The topological polar surface area (TPSA) is 54.9 Å². The van der Waals surface area contributed by atoms with E-state index < -0.39 is 10.8 Å². The van der Waals surface area contributed by atoms with E-state index in [9.17, 15) is 4.21 Å². The van der Waals surface area contributed by atoms with Gasteiger partial charge in [0, 0.05) is 11.3 Å². The summed E-state index contributed by atoms with van der Waals surface area (Å²) in [7, 11) is -1.06. The van der Waals surface area contributed by atoms with Crippen LogP contribution in [0.4, 0.5) is 0 Å². The van der Waals surface area contributed by atoms with Crippen LogP contribution in [0.25, 0.3) is 0 Å². The van der Waals surface area contributed by atoms with Crippen molar-refractivity contribution < 1.29 is 4.21 Å². The average molecular weight is 246 g/mol. The van der Waals surface area contributed by atoms with Crippen LogP contribution in [0.5, 0.6) is 0 Å². The Bertz CT molecular complexity index is 368. The SMILES string of the molecule is O=S(c1cc(Cl)ncn1)C1CCNCC1. The van der Waals surface area contributed by atoms with E-state index in [-0.39, 0.29) is 5.25 Å². The van der Waals surface area contributed by atoms with Gasteiger partial charge >= 0.3 is 0 Å². The third kappa shape index (κ3) is 2.74. The predicted octanol–water partition coefficient (Wildman–Crippen LogP) is 0.990. The number of halogens is 1. The maximum atomic E-state index is 12.1. The van der Waals surface area contributed by atoms with E-state index in [1.165, 1.54) is 6.33 Å². The summed E-state index contributed by atoms with van der Waals surface area (Å²) < 4.78 is 12.1. The first-order valence-electron chi connectivity index (χ1n) is 4.86. The molecule has 82 valence electrons. The molecular formula is C9H12ClN3OS. The number of piperidine rings is 1. The van der Waals surface area contributed by atoms with Gasteiger partial charge in [0.2, 0.25) is 0 Å². The van der Waals surface area contributed by atoms with Gasteiger partial charge in [-0.05, 0) is 25.9 Å². The number of hydrogen-bond donors (Lipinski definition) is 1. The Morgan fingerprint density at radius 2 is 2.13 bits per heavy atom. The smallest absolute Gasteiger partial charge is 0.133 e. The minimum atomic E-state index is -1.06. The lowest BCUT2D eigenvalue weighted by Gasteiger charge is -2.21. The standard InChI is InChI=1S/C9H12ClN3OS/c10-8-5-9(13-6-12-8)15(14)7-1-3-11-4-2-7/h5-7,11H,1-4H2. The summed E-state index contributed by atoms with van der Waals surface area (Å²) in [5, 5.41) is 4.32. The number of rotatable bonds is 2. The highest BCUT2D eigenvalue weighted by atomic mass is 35.5. The molecule has 0 bridgehead atoms. The molecule has 0 spiro atoms. The summed E-state index contributed by atoms with van der Waals surface area (Å²) in [5.41, 5.74) is 0. The molecule has 2 heterocycles. The number of hydrogen-bond acceptors (Lipinski definition) is 4. The molecule has 1 aliphatic heterocycles. The van der Waals surface area contributed by atoms with Gasteiger partial charge in [-0.1, -0.05) is 11.6 Å². The fourth-order valence-electron chi connectivity index (χ4n) is 1.61. The fraction of sp³-hybridized carbons (Fsp3) is 0.556. The van der Waals surface area contributed by atoms with Gasteiger partial charge in [0.15, 0.2) is 0 Å². The fourth-order valence-corrected chi connectivity index (χ4v) is 3.20. The zero-order chi connectivity index (χ0) is 10.7. The predicted molar refractivity (Wildman–Crippen MR) is 59.3 cm³/mol. The summed E-state index contributed by atoms with van der Waals surface area (Å²) in [4.78, 5) is 7.77. The van der Waals surface area contributed by atoms with Crippen molar-refractivity contribution in [2.75, 3.05) is 13.1 Å². The van der Waals surface area contributed by atoms with E-state index >= 15 is 0 Å². The van der Waals surface area contributed by atoms with Crippen molar-refractivity contribution in [1.82, 2.24) is 15.3 Å². The van der Waals surface area contributed by atoms with Crippen LogP contribution < -0.4 is 5.32 Å². The molecular weight excluding hydrogens is 234 g/mol. The minimum Gasteiger partial charge on any atom is -0.317 e. The quantitative estimate of drug-likeness (QED) is 0.790. The minimum absolute atomic E-state index is 0.192. The van der Waals surface area contributed by atoms with Gasteiger partial charge in [-0.2, -0.15) is 0 Å². The van der Waals surface area contributed by atoms with E-state index in [0.29, 0.717) is 10.2 Å². The normalized spacial score (nSPS) is 20.1. The van der Waals surface area contributed by atoms with Gasteiger partial charge in [0.25, 0.3) is 0 Å². The number of nitrogens with zero attached hydrogens (tertiary/aromatic N) is 2. The van der Waals surface area contributed by atoms with Gasteiger partial charge in [-0.15, -0.1) is 0 Å². The molecule has 1 fully saturated rings. The van der Waals surface area contributed by atoms with Crippen molar-refractivity contribution in [3.8, 4) is 0 Å². The van der Waals surface area contributed by atoms with Crippen LogP contribution in [-0.2, 0) is 10.8 Å². The van der Waals surface area contributed by atoms with Crippen LogP contribution in [0, 0.1) is 0 Å². The molecule has 1 unspecified atom stereocenters. The summed E-state index contributed by atoms with van der Waals surface area (Å²) in [6.07, 6.45) is 3.21. The molecule has 1 N–H and O–H groups in total. The van der Waals surface area contributed by atoms with Crippen molar-refractivity contribution in [3.63, 3.8) is 0 Å². The highest BCUT2D eigenvalue weighted by Gasteiger charge is 2.21. The number of aromatic nitrogens is 2. The Balaban J connectivity index is 2.12. The molecule has 6 heteroatoms. The Kier molecular flexibility index (Phi) is 3.66. The molecule has 1 aliphatic rings. The van der Waals surface area contributed by atoms with Crippen LogP contribution in [0.2, 0.25) is 5.15 Å². The molecule has 1 aromatic heterocycles. The van der Waals surface area contributed by atoms with Crippen molar-refractivity contribution in [2.24, 2.45) is 0 Å². The lowest BCUT2D eigenvalue weighted by molar-refractivity contribution is 0.518. The molecule has 2 rings (SSSR count). The van der Waals surface area contributed by atoms with Crippen LogP contribution >= 0.6 is 11.6 Å².